The number of aromatic amines is 1. The van der Waals surface area contributed by atoms with Crippen LogP contribution in [0.2, 0.25) is 0 Å². The van der Waals surface area contributed by atoms with Crippen LogP contribution in [0.5, 0.6) is 0 Å². The molecule has 0 unspecified atom stereocenters. The predicted octanol–water partition coefficient (Wildman–Crippen LogP) is 0.406. The maximum absolute atomic E-state index is 11.6. The highest BCUT2D eigenvalue weighted by molar-refractivity contribution is 5.49. The second-order valence-electron chi connectivity index (χ2n) is 4.80. The summed E-state index contributed by atoms with van der Waals surface area (Å²) in [5.74, 6) is 0.935. The van der Waals surface area contributed by atoms with Gasteiger partial charge in [0.1, 0.15) is 5.82 Å². The first kappa shape index (κ1) is 10.8. The monoisotopic (exact) mass is 234 g/mol. The van der Waals surface area contributed by atoms with Crippen molar-refractivity contribution in [3.05, 3.63) is 21.7 Å². The minimum absolute atomic E-state index is 0.215. The third kappa shape index (κ3) is 2.07. The van der Waals surface area contributed by atoms with Crippen molar-refractivity contribution >= 4 is 5.82 Å². The standard InChI is InChI=1S/C12H18N4O/c17-12-14-10-8-13-5-4-9(10)11(15-12)16-6-2-1-3-7-16/h13H,1-8H2,(H,14,15,17). The lowest BCUT2D eigenvalue weighted by atomic mass is 10.0. The molecule has 0 amide bonds. The van der Waals surface area contributed by atoms with Gasteiger partial charge in [-0.25, -0.2) is 4.79 Å². The molecule has 1 fully saturated rings. The Morgan fingerprint density at radius 1 is 1.18 bits per heavy atom. The van der Waals surface area contributed by atoms with Gasteiger partial charge < -0.3 is 15.2 Å². The Morgan fingerprint density at radius 3 is 2.82 bits per heavy atom. The van der Waals surface area contributed by atoms with Crippen molar-refractivity contribution < 1.29 is 0 Å². The highest BCUT2D eigenvalue weighted by Crippen LogP contribution is 2.24. The van der Waals surface area contributed by atoms with Crippen LogP contribution in [0.4, 0.5) is 5.82 Å². The average molecular weight is 234 g/mol. The summed E-state index contributed by atoms with van der Waals surface area (Å²) in [4.78, 5) is 20.9. The Balaban J connectivity index is 2.01. The molecule has 0 spiro atoms. The molecule has 5 heteroatoms. The molecule has 0 atom stereocenters. The van der Waals surface area contributed by atoms with E-state index in [-0.39, 0.29) is 5.69 Å². The molecule has 5 nitrogen and oxygen atoms in total. The van der Waals surface area contributed by atoms with Crippen LogP contribution in [0.25, 0.3) is 0 Å². The average Bonchev–Trinajstić information content (AvgIpc) is 2.39. The number of hydrogen-bond acceptors (Lipinski definition) is 4. The molecule has 0 bridgehead atoms. The van der Waals surface area contributed by atoms with Gasteiger partial charge in [-0.05, 0) is 32.2 Å². The molecule has 92 valence electrons. The molecule has 17 heavy (non-hydrogen) atoms. The molecule has 3 heterocycles. The van der Waals surface area contributed by atoms with Crippen molar-refractivity contribution in [2.75, 3.05) is 24.5 Å². The molecular weight excluding hydrogens is 216 g/mol. The van der Waals surface area contributed by atoms with Gasteiger partial charge in [0.2, 0.25) is 0 Å². The topological polar surface area (TPSA) is 61.0 Å². The van der Waals surface area contributed by atoms with E-state index in [2.05, 4.69) is 20.2 Å². The molecule has 2 aliphatic rings. The third-order valence-corrected chi connectivity index (χ3v) is 3.61. The minimum Gasteiger partial charge on any atom is -0.356 e. The van der Waals surface area contributed by atoms with E-state index in [1.165, 1.54) is 24.8 Å². The summed E-state index contributed by atoms with van der Waals surface area (Å²) in [5.41, 5.74) is 2.05. The Labute approximate surface area is 100 Å². The highest BCUT2D eigenvalue weighted by Gasteiger charge is 2.21. The SMILES string of the molecule is O=c1nc(N2CCCCC2)c2c([nH]1)CNCC2. The van der Waals surface area contributed by atoms with Gasteiger partial charge in [-0.15, -0.1) is 0 Å². The minimum atomic E-state index is -0.215. The number of H-pyrrole nitrogens is 1. The fourth-order valence-electron chi connectivity index (χ4n) is 2.74. The largest absolute Gasteiger partial charge is 0.356 e. The number of aromatic nitrogens is 2. The Morgan fingerprint density at radius 2 is 2.00 bits per heavy atom. The normalized spacial score (nSPS) is 20.1. The second kappa shape index (κ2) is 4.49. The van der Waals surface area contributed by atoms with Crippen molar-refractivity contribution in [3.8, 4) is 0 Å². The van der Waals surface area contributed by atoms with Gasteiger partial charge in [0.25, 0.3) is 0 Å². The molecule has 0 radical (unpaired) electrons. The van der Waals surface area contributed by atoms with Gasteiger partial charge in [-0.1, -0.05) is 0 Å². The fourth-order valence-corrected chi connectivity index (χ4v) is 2.74. The summed E-state index contributed by atoms with van der Waals surface area (Å²) in [6.07, 6.45) is 4.68. The molecule has 0 saturated carbocycles. The lowest BCUT2D eigenvalue weighted by molar-refractivity contribution is 0.561. The van der Waals surface area contributed by atoms with Crippen LogP contribution in [0.15, 0.2) is 4.79 Å². The zero-order valence-corrected chi connectivity index (χ0v) is 9.96. The predicted molar refractivity (Wildman–Crippen MR) is 66.3 cm³/mol. The van der Waals surface area contributed by atoms with Crippen molar-refractivity contribution in [2.24, 2.45) is 0 Å². The van der Waals surface area contributed by atoms with Crippen molar-refractivity contribution in [1.82, 2.24) is 15.3 Å². The summed E-state index contributed by atoms with van der Waals surface area (Å²) in [6.45, 7) is 3.81. The van der Waals surface area contributed by atoms with E-state index in [1.54, 1.807) is 0 Å². The summed E-state index contributed by atoms with van der Waals surface area (Å²) in [5, 5.41) is 3.28. The quantitative estimate of drug-likeness (QED) is 0.738. The Hall–Kier alpha value is -1.36. The lowest BCUT2D eigenvalue weighted by Crippen LogP contribution is -2.36. The van der Waals surface area contributed by atoms with Crippen LogP contribution < -0.4 is 15.9 Å². The van der Waals surface area contributed by atoms with Crippen LogP contribution in [-0.4, -0.2) is 29.6 Å². The number of hydrogen-bond donors (Lipinski definition) is 2. The number of piperidine rings is 1. The molecule has 1 aromatic rings. The number of rotatable bonds is 1. The molecule has 1 aromatic heterocycles. The van der Waals surface area contributed by atoms with E-state index in [9.17, 15) is 4.79 Å². The van der Waals surface area contributed by atoms with Crippen LogP contribution in [0.1, 0.15) is 30.5 Å². The van der Waals surface area contributed by atoms with E-state index in [0.717, 1.165) is 44.1 Å². The zero-order chi connectivity index (χ0) is 11.7. The van der Waals surface area contributed by atoms with E-state index in [1.807, 2.05) is 0 Å². The third-order valence-electron chi connectivity index (χ3n) is 3.61. The fraction of sp³-hybridized carbons (Fsp3) is 0.667. The lowest BCUT2D eigenvalue weighted by Gasteiger charge is -2.31. The first-order valence-corrected chi connectivity index (χ1v) is 6.42. The van der Waals surface area contributed by atoms with E-state index in [4.69, 9.17) is 0 Å². The first-order chi connectivity index (χ1) is 8.34. The maximum Gasteiger partial charge on any atom is 0.347 e. The van der Waals surface area contributed by atoms with Crippen molar-refractivity contribution in [3.63, 3.8) is 0 Å². The van der Waals surface area contributed by atoms with Crippen LogP contribution in [-0.2, 0) is 13.0 Å². The number of anilines is 1. The number of nitrogens with one attached hydrogen (secondary N) is 2. The van der Waals surface area contributed by atoms with Crippen molar-refractivity contribution in [1.29, 1.82) is 0 Å². The highest BCUT2D eigenvalue weighted by atomic mass is 16.1. The molecule has 0 aromatic carbocycles. The Bertz CT molecular complexity index is 462. The summed E-state index contributed by atoms with van der Waals surface area (Å²) in [6, 6.07) is 0. The number of nitrogens with zero attached hydrogens (tertiary/aromatic N) is 2. The number of fused-ring (bicyclic) bond motifs is 1. The Kier molecular flexibility index (Phi) is 2.84. The smallest absolute Gasteiger partial charge is 0.347 e. The van der Waals surface area contributed by atoms with E-state index in [0.29, 0.717) is 0 Å². The molecule has 3 rings (SSSR count). The van der Waals surface area contributed by atoms with Gasteiger partial charge >= 0.3 is 5.69 Å². The molecule has 2 aliphatic heterocycles. The van der Waals surface area contributed by atoms with Crippen LogP contribution >= 0.6 is 0 Å². The van der Waals surface area contributed by atoms with Crippen LogP contribution in [0.3, 0.4) is 0 Å². The van der Waals surface area contributed by atoms with Gasteiger partial charge in [0.05, 0.1) is 0 Å². The van der Waals surface area contributed by atoms with Gasteiger partial charge in [0.15, 0.2) is 0 Å². The van der Waals surface area contributed by atoms with Gasteiger partial charge in [-0.2, -0.15) is 4.98 Å². The molecule has 0 aliphatic carbocycles. The van der Waals surface area contributed by atoms with Gasteiger partial charge in [-0.3, -0.25) is 0 Å². The second-order valence-corrected chi connectivity index (χ2v) is 4.80. The maximum atomic E-state index is 11.6. The van der Waals surface area contributed by atoms with E-state index < -0.39 is 0 Å². The van der Waals surface area contributed by atoms with Crippen molar-refractivity contribution in [2.45, 2.75) is 32.2 Å². The van der Waals surface area contributed by atoms with Crippen LogP contribution in [0, 0.1) is 0 Å². The van der Waals surface area contributed by atoms with Gasteiger partial charge in [0, 0.05) is 30.9 Å². The first-order valence-electron chi connectivity index (χ1n) is 6.42. The molecular formula is C12H18N4O. The molecule has 2 N–H and O–H groups in total. The zero-order valence-electron chi connectivity index (χ0n) is 9.96. The summed E-state index contributed by atoms with van der Waals surface area (Å²) >= 11 is 0. The van der Waals surface area contributed by atoms with E-state index >= 15 is 0 Å². The summed E-state index contributed by atoms with van der Waals surface area (Å²) in [7, 11) is 0. The summed E-state index contributed by atoms with van der Waals surface area (Å²) < 4.78 is 0. The molecule has 1 saturated heterocycles.